The molecule has 0 saturated carbocycles. The number of nitrogens with zero attached hydrogens (tertiary/aromatic N) is 1. The highest BCUT2D eigenvalue weighted by molar-refractivity contribution is 4.78. The van der Waals surface area contributed by atoms with Gasteiger partial charge in [-0.25, -0.2) is 0 Å². The van der Waals surface area contributed by atoms with E-state index in [-0.39, 0.29) is 0 Å². The summed E-state index contributed by atoms with van der Waals surface area (Å²) in [5.41, 5.74) is 0. The van der Waals surface area contributed by atoms with E-state index >= 15 is 0 Å². The van der Waals surface area contributed by atoms with E-state index in [1.165, 1.54) is 25.9 Å². The minimum absolute atomic E-state index is 0.741. The van der Waals surface area contributed by atoms with E-state index in [1.807, 2.05) is 0 Å². The Labute approximate surface area is 77.1 Å². The van der Waals surface area contributed by atoms with Crippen molar-refractivity contribution in [1.29, 1.82) is 0 Å². The molecular weight excluding hydrogens is 146 g/mol. The lowest BCUT2D eigenvalue weighted by Gasteiger charge is -2.38. The van der Waals surface area contributed by atoms with Crippen molar-refractivity contribution in [3.63, 3.8) is 0 Å². The maximum absolute atomic E-state index is 2.61. The molecule has 0 aromatic heterocycles. The van der Waals surface area contributed by atoms with Crippen LogP contribution in [0.25, 0.3) is 0 Å². The molecule has 1 aliphatic rings. The third-order valence-electron chi connectivity index (χ3n) is 3.37. The van der Waals surface area contributed by atoms with Crippen LogP contribution in [-0.4, -0.2) is 24.0 Å². The molecular formula is C11H23N. The zero-order chi connectivity index (χ0) is 9.14. The van der Waals surface area contributed by atoms with Crippen LogP contribution in [0.4, 0.5) is 0 Å². The number of hydrogen-bond donors (Lipinski definition) is 0. The highest BCUT2D eigenvalue weighted by Crippen LogP contribution is 2.26. The first-order valence-electron chi connectivity index (χ1n) is 5.39. The number of likely N-dealkylation sites (tertiary alicyclic amines) is 1. The number of hydrogen-bond acceptors (Lipinski definition) is 1. The van der Waals surface area contributed by atoms with Gasteiger partial charge in [0.05, 0.1) is 0 Å². The molecule has 0 aliphatic carbocycles. The molecule has 1 nitrogen and oxygen atoms in total. The first kappa shape index (κ1) is 10.0. The summed E-state index contributed by atoms with van der Waals surface area (Å²) < 4.78 is 0. The van der Waals surface area contributed by atoms with Crippen molar-refractivity contribution in [3.05, 3.63) is 0 Å². The van der Waals surface area contributed by atoms with Gasteiger partial charge in [0.15, 0.2) is 0 Å². The first-order chi connectivity index (χ1) is 5.65. The highest BCUT2D eigenvalue weighted by Gasteiger charge is 2.25. The molecule has 0 unspecified atom stereocenters. The Hall–Kier alpha value is -0.0400. The van der Waals surface area contributed by atoms with Gasteiger partial charge in [-0.2, -0.15) is 0 Å². The third kappa shape index (κ3) is 2.22. The lowest BCUT2D eigenvalue weighted by atomic mass is 9.84. The lowest BCUT2D eigenvalue weighted by molar-refractivity contribution is 0.100. The summed E-state index contributed by atoms with van der Waals surface area (Å²) in [7, 11) is 0. The van der Waals surface area contributed by atoms with Crippen LogP contribution in [0.3, 0.4) is 0 Å². The van der Waals surface area contributed by atoms with Crippen molar-refractivity contribution in [2.75, 3.05) is 13.1 Å². The third-order valence-corrected chi connectivity index (χ3v) is 3.37. The van der Waals surface area contributed by atoms with Gasteiger partial charge in [0.2, 0.25) is 0 Å². The van der Waals surface area contributed by atoms with Crippen molar-refractivity contribution in [1.82, 2.24) is 4.90 Å². The average molecular weight is 169 g/mol. The molecule has 1 heteroatoms. The molecule has 1 saturated heterocycles. The van der Waals surface area contributed by atoms with Crippen molar-refractivity contribution < 1.29 is 0 Å². The van der Waals surface area contributed by atoms with Crippen LogP contribution in [0.15, 0.2) is 0 Å². The van der Waals surface area contributed by atoms with Gasteiger partial charge >= 0.3 is 0 Å². The second-order valence-corrected chi connectivity index (χ2v) is 4.52. The van der Waals surface area contributed by atoms with E-state index in [0.29, 0.717) is 0 Å². The Balaban J connectivity index is 2.40. The summed E-state index contributed by atoms with van der Waals surface area (Å²) in [4.78, 5) is 2.61. The lowest BCUT2D eigenvalue weighted by Crippen LogP contribution is -2.42. The molecule has 0 bridgehead atoms. The van der Waals surface area contributed by atoms with Gasteiger partial charge in [-0.1, -0.05) is 20.3 Å². The molecule has 1 fully saturated rings. The summed E-state index contributed by atoms with van der Waals surface area (Å²) in [5.74, 6) is 1.89. The fraction of sp³-hybridized carbons (Fsp3) is 1.00. The molecule has 12 heavy (non-hydrogen) atoms. The topological polar surface area (TPSA) is 3.24 Å². The normalized spacial score (nSPS) is 32.8. The van der Waals surface area contributed by atoms with Crippen LogP contribution in [-0.2, 0) is 0 Å². The SMILES string of the molecule is CC[C@@H]1CCN(C(C)C)C[C@@H]1C. The van der Waals surface area contributed by atoms with Crippen molar-refractivity contribution >= 4 is 0 Å². The molecule has 1 rings (SSSR count). The van der Waals surface area contributed by atoms with Gasteiger partial charge < -0.3 is 4.90 Å². The monoisotopic (exact) mass is 169 g/mol. The number of piperidine rings is 1. The van der Waals surface area contributed by atoms with Crippen molar-refractivity contribution in [3.8, 4) is 0 Å². The maximum atomic E-state index is 2.61. The first-order valence-corrected chi connectivity index (χ1v) is 5.39. The van der Waals surface area contributed by atoms with E-state index < -0.39 is 0 Å². The Kier molecular flexibility index (Phi) is 3.57. The van der Waals surface area contributed by atoms with Gasteiger partial charge in [0.25, 0.3) is 0 Å². The van der Waals surface area contributed by atoms with Gasteiger partial charge in [0, 0.05) is 12.6 Å². The van der Waals surface area contributed by atoms with Crippen molar-refractivity contribution in [2.45, 2.75) is 46.6 Å². The van der Waals surface area contributed by atoms with Gasteiger partial charge in [-0.05, 0) is 38.6 Å². The second kappa shape index (κ2) is 4.27. The smallest absolute Gasteiger partial charge is 0.00387 e. The Morgan fingerprint density at radius 2 is 2.08 bits per heavy atom. The summed E-state index contributed by atoms with van der Waals surface area (Å²) in [5, 5.41) is 0. The van der Waals surface area contributed by atoms with Crippen LogP contribution < -0.4 is 0 Å². The Bertz CT molecular complexity index is 131. The van der Waals surface area contributed by atoms with Crippen LogP contribution in [0, 0.1) is 11.8 Å². The highest BCUT2D eigenvalue weighted by atomic mass is 15.2. The summed E-state index contributed by atoms with van der Waals surface area (Å²) >= 11 is 0. The molecule has 0 aromatic rings. The Morgan fingerprint density at radius 3 is 2.50 bits per heavy atom. The zero-order valence-electron chi connectivity index (χ0n) is 9.01. The van der Waals surface area contributed by atoms with Crippen molar-refractivity contribution in [2.24, 2.45) is 11.8 Å². The van der Waals surface area contributed by atoms with Gasteiger partial charge in [-0.15, -0.1) is 0 Å². The minimum atomic E-state index is 0.741. The van der Waals surface area contributed by atoms with Crippen LogP contribution in [0.1, 0.15) is 40.5 Å². The summed E-state index contributed by atoms with van der Waals surface area (Å²) in [6.45, 7) is 12.0. The molecule has 0 radical (unpaired) electrons. The zero-order valence-corrected chi connectivity index (χ0v) is 9.01. The van der Waals surface area contributed by atoms with E-state index in [1.54, 1.807) is 0 Å². The molecule has 72 valence electrons. The fourth-order valence-electron chi connectivity index (χ4n) is 2.30. The predicted octanol–water partition coefficient (Wildman–Crippen LogP) is 2.76. The van der Waals surface area contributed by atoms with Gasteiger partial charge in [0.1, 0.15) is 0 Å². The standard InChI is InChI=1S/C11H23N/c1-5-11-6-7-12(9(2)3)8-10(11)4/h9-11H,5-8H2,1-4H3/t10-,11+/m0/s1. The molecule has 0 aromatic carbocycles. The van der Waals surface area contributed by atoms with E-state index in [9.17, 15) is 0 Å². The average Bonchev–Trinajstić information content (AvgIpc) is 2.04. The fourth-order valence-corrected chi connectivity index (χ4v) is 2.30. The molecule has 2 atom stereocenters. The predicted molar refractivity (Wildman–Crippen MR) is 54.3 cm³/mol. The quantitative estimate of drug-likeness (QED) is 0.614. The van der Waals surface area contributed by atoms with E-state index in [0.717, 1.165) is 17.9 Å². The molecule has 0 N–H and O–H groups in total. The van der Waals surface area contributed by atoms with Crippen LogP contribution in [0.2, 0.25) is 0 Å². The van der Waals surface area contributed by atoms with Crippen LogP contribution >= 0.6 is 0 Å². The second-order valence-electron chi connectivity index (χ2n) is 4.52. The molecule has 1 aliphatic heterocycles. The molecule has 1 heterocycles. The number of rotatable bonds is 2. The Morgan fingerprint density at radius 1 is 1.42 bits per heavy atom. The molecule has 0 amide bonds. The summed E-state index contributed by atoms with van der Waals surface area (Å²) in [6, 6.07) is 0.741. The summed E-state index contributed by atoms with van der Waals surface area (Å²) in [6.07, 6.45) is 2.78. The van der Waals surface area contributed by atoms with Gasteiger partial charge in [-0.3, -0.25) is 0 Å². The van der Waals surface area contributed by atoms with Crippen LogP contribution in [0.5, 0.6) is 0 Å². The largest absolute Gasteiger partial charge is 0.301 e. The van der Waals surface area contributed by atoms with E-state index in [4.69, 9.17) is 0 Å². The van der Waals surface area contributed by atoms with E-state index in [2.05, 4.69) is 32.6 Å². The minimum Gasteiger partial charge on any atom is -0.301 e. The maximum Gasteiger partial charge on any atom is 0.00387 e. The molecule has 0 spiro atoms.